The largest absolute Gasteiger partial charge is 0.497 e. The van der Waals surface area contributed by atoms with Crippen LogP contribution in [0.15, 0.2) is 67.6 Å². The SMILES string of the molecule is C=C(F)/C=C(\C(=C)OC)c1cc(NC(=O)Cc2ccccn2)ncn1. The summed E-state index contributed by atoms with van der Waals surface area (Å²) in [4.78, 5) is 24.2. The lowest BCUT2D eigenvalue weighted by molar-refractivity contribution is -0.115. The molecule has 1 N–H and O–H groups in total. The minimum absolute atomic E-state index is 0.106. The Kier molecular flexibility index (Phi) is 6.11. The molecule has 2 aromatic heterocycles. The van der Waals surface area contributed by atoms with Gasteiger partial charge in [-0.05, 0) is 18.2 Å². The van der Waals surface area contributed by atoms with Crippen molar-refractivity contribution in [2.45, 2.75) is 6.42 Å². The van der Waals surface area contributed by atoms with Crippen LogP contribution in [0.4, 0.5) is 10.2 Å². The number of rotatable bonds is 7. The van der Waals surface area contributed by atoms with Crippen molar-refractivity contribution in [1.29, 1.82) is 0 Å². The number of amides is 1. The van der Waals surface area contributed by atoms with Crippen LogP contribution < -0.4 is 5.32 Å². The van der Waals surface area contributed by atoms with Gasteiger partial charge in [-0.2, -0.15) is 0 Å². The second-order valence-electron chi connectivity index (χ2n) is 4.97. The van der Waals surface area contributed by atoms with Gasteiger partial charge < -0.3 is 10.1 Å². The van der Waals surface area contributed by atoms with Gasteiger partial charge in [0.2, 0.25) is 5.91 Å². The molecule has 0 saturated heterocycles. The van der Waals surface area contributed by atoms with Crippen molar-refractivity contribution < 1.29 is 13.9 Å². The summed E-state index contributed by atoms with van der Waals surface area (Å²) in [6, 6.07) is 6.82. The van der Waals surface area contributed by atoms with Crippen LogP contribution in [-0.2, 0) is 16.0 Å². The van der Waals surface area contributed by atoms with Crippen LogP contribution >= 0.6 is 0 Å². The van der Waals surface area contributed by atoms with Crippen LogP contribution in [0.5, 0.6) is 0 Å². The van der Waals surface area contributed by atoms with Gasteiger partial charge in [-0.1, -0.05) is 19.2 Å². The summed E-state index contributed by atoms with van der Waals surface area (Å²) in [5, 5.41) is 2.65. The van der Waals surface area contributed by atoms with Crippen molar-refractivity contribution >= 4 is 17.3 Å². The number of anilines is 1. The minimum Gasteiger partial charge on any atom is -0.497 e. The van der Waals surface area contributed by atoms with E-state index < -0.39 is 5.83 Å². The third kappa shape index (κ3) is 5.35. The quantitative estimate of drug-likeness (QED) is 0.619. The van der Waals surface area contributed by atoms with Gasteiger partial charge in [0.15, 0.2) is 0 Å². The van der Waals surface area contributed by atoms with Gasteiger partial charge in [0, 0.05) is 23.5 Å². The average molecular weight is 340 g/mol. The van der Waals surface area contributed by atoms with E-state index in [0.29, 0.717) is 17.0 Å². The number of halogens is 1. The second-order valence-corrected chi connectivity index (χ2v) is 4.97. The van der Waals surface area contributed by atoms with Gasteiger partial charge in [-0.25, -0.2) is 14.4 Å². The highest BCUT2D eigenvalue weighted by molar-refractivity contribution is 5.91. The Labute approximate surface area is 144 Å². The van der Waals surface area contributed by atoms with E-state index in [2.05, 4.69) is 33.4 Å². The number of aromatic nitrogens is 3. The van der Waals surface area contributed by atoms with Crippen LogP contribution in [0.3, 0.4) is 0 Å². The molecule has 128 valence electrons. The first kappa shape index (κ1) is 18.0. The number of hydrogen-bond acceptors (Lipinski definition) is 5. The molecule has 6 nitrogen and oxygen atoms in total. The molecular weight excluding hydrogens is 323 g/mol. The number of nitrogens with zero attached hydrogens (tertiary/aromatic N) is 3. The molecule has 0 atom stereocenters. The molecule has 1 amide bonds. The fourth-order valence-corrected chi connectivity index (χ4v) is 1.99. The molecule has 7 heteroatoms. The fourth-order valence-electron chi connectivity index (χ4n) is 1.99. The summed E-state index contributed by atoms with van der Waals surface area (Å²) in [6.45, 7) is 6.89. The van der Waals surface area contributed by atoms with Crippen molar-refractivity contribution in [3.63, 3.8) is 0 Å². The zero-order valence-electron chi connectivity index (χ0n) is 13.7. The Balaban J connectivity index is 2.18. The summed E-state index contributed by atoms with van der Waals surface area (Å²) < 4.78 is 18.2. The highest BCUT2D eigenvalue weighted by atomic mass is 19.1. The number of ether oxygens (including phenoxy) is 1. The lowest BCUT2D eigenvalue weighted by Crippen LogP contribution is -2.16. The molecule has 0 bridgehead atoms. The summed E-state index contributed by atoms with van der Waals surface area (Å²) in [5.41, 5.74) is 1.28. The molecule has 0 aliphatic heterocycles. The lowest BCUT2D eigenvalue weighted by atomic mass is 10.1. The van der Waals surface area contributed by atoms with E-state index in [0.717, 1.165) is 6.08 Å². The Morgan fingerprint density at radius 2 is 2.12 bits per heavy atom. The van der Waals surface area contributed by atoms with Crippen molar-refractivity contribution in [1.82, 2.24) is 15.0 Å². The zero-order valence-corrected chi connectivity index (χ0v) is 13.7. The first-order chi connectivity index (χ1) is 12.0. The van der Waals surface area contributed by atoms with Gasteiger partial charge in [0.05, 0.1) is 19.2 Å². The predicted molar refractivity (Wildman–Crippen MR) is 93.0 cm³/mol. The van der Waals surface area contributed by atoms with Crippen LogP contribution in [0.1, 0.15) is 11.4 Å². The molecule has 0 aliphatic carbocycles. The smallest absolute Gasteiger partial charge is 0.231 e. The first-order valence-electron chi connectivity index (χ1n) is 7.31. The number of carbonyl (C=O) groups excluding carboxylic acids is 1. The maximum Gasteiger partial charge on any atom is 0.231 e. The maximum absolute atomic E-state index is 13.2. The molecule has 0 fully saturated rings. The van der Waals surface area contributed by atoms with Gasteiger partial charge in [-0.15, -0.1) is 0 Å². The Morgan fingerprint density at radius 1 is 1.32 bits per heavy atom. The van der Waals surface area contributed by atoms with Crippen molar-refractivity contribution in [2.75, 3.05) is 12.4 Å². The van der Waals surface area contributed by atoms with Crippen molar-refractivity contribution in [3.05, 3.63) is 79.0 Å². The van der Waals surface area contributed by atoms with Gasteiger partial charge in [0.25, 0.3) is 0 Å². The molecule has 0 radical (unpaired) electrons. The van der Waals surface area contributed by atoms with E-state index in [9.17, 15) is 9.18 Å². The number of carbonyl (C=O) groups is 1. The van der Waals surface area contributed by atoms with Crippen LogP contribution in [0.2, 0.25) is 0 Å². The van der Waals surface area contributed by atoms with E-state index in [-0.39, 0.29) is 23.9 Å². The fraction of sp³-hybridized carbons (Fsp3) is 0.111. The average Bonchev–Trinajstić information content (AvgIpc) is 2.60. The number of pyridine rings is 1. The molecule has 2 aromatic rings. The Morgan fingerprint density at radius 3 is 2.76 bits per heavy atom. The van der Waals surface area contributed by atoms with Crippen molar-refractivity contribution in [3.8, 4) is 0 Å². The zero-order chi connectivity index (χ0) is 18.2. The highest BCUT2D eigenvalue weighted by Gasteiger charge is 2.12. The summed E-state index contributed by atoms with van der Waals surface area (Å²) in [6.07, 6.45) is 4.12. The molecule has 0 aromatic carbocycles. The highest BCUT2D eigenvalue weighted by Crippen LogP contribution is 2.23. The molecular formula is C18H17FN4O2. The number of allylic oxidation sites excluding steroid dienone is 3. The maximum atomic E-state index is 13.2. The normalized spacial score (nSPS) is 10.9. The summed E-state index contributed by atoms with van der Waals surface area (Å²) >= 11 is 0. The second kappa shape index (κ2) is 8.49. The van der Waals surface area contributed by atoms with Crippen molar-refractivity contribution in [2.24, 2.45) is 0 Å². The number of methoxy groups -OCH3 is 1. The number of nitrogens with one attached hydrogen (secondary N) is 1. The van der Waals surface area contributed by atoms with E-state index in [1.807, 2.05) is 0 Å². The molecule has 25 heavy (non-hydrogen) atoms. The summed E-state index contributed by atoms with van der Waals surface area (Å²) in [7, 11) is 1.41. The van der Waals surface area contributed by atoms with Gasteiger partial charge in [0.1, 0.15) is 23.7 Å². The molecule has 0 saturated carbocycles. The van der Waals surface area contributed by atoms with E-state index in [1.165, 1.54) is 19.5 Å². The van der Waals surface area contributed by atoms with Gasteiger partial charge >= 0.3 is 0 Å². The molecule has 2 rings (SSSR count). The topological polar surface area (TPSA) is 77.0 Å². The predicted octanol–water partition coefficient (Wildman–Crippen LogP) is 3.08. The Bertz CT molecular complexity index is 819. The van der Waals surface area contributed by atoms with E-state index in [1.54, 1.807) is 24.4 Å². The molecule has 0 spiro atoms. The molecule has 2 heterocycles. The van der Waals surface area contributed by atoms with Crippen LogP contribution in [0, 0.1) is 0 Å². The third-order valence-corrected chi connectivity index (χ3v) is 3.13. The lowest BCUT2D eigenvalue weighted by Gasteiger charge is -2.10. The molecule has 0 unspecified atom stereocenters. The first-order valence-corrected chi connectivity index (χ1v) is 7.31. The van der Waals surface area contributed by atoms with E-state index in [4.69, 9.17) is 4.74 Å². The molecule has 0 aliphatic rings. The monoisotopic (exact) mass is 340 g/mol. The standard InChI is InChI=1S/C18H17FN4O2/c1-12(19)8-15(13(2)25-3)16-10-17(22-11-21-16)23-18(24)9-14-6-4-5-7-20-14/h4-8,10-11H,1-2,9H2,3H3,(H,21,22,23,24)/b15-8+. The summed E-state index contributed by atoms with van der Waals surface area (Å²) in [5.74, 6) is -0.477. The van der Waals surface area contributed by atoms with Gasteiger partial charge in [-0.3, -0.25) is 9.78 Å². The minimum atomic E-state index is -0.674. The van der Waals surface area contributed by atoms with Crippen LogP contribution in [0.25, 0.3) is 5.57 Å². The van der Waals surface area contributed by atoms with E-state index >= 15 is 0 Å². The Hall–Kier alpha value is -3.35. The third-order valence-electron chi connectivity index (χ3n) is 3.13. The number of hydrogen-bond donors (Lipinski definition) is 1. The van der Waals surface area contributed by atoms with Crippen LogP contribution in [-0.4, -0.2) is 28.0 Å².